The number of pyridine rings is 1. The number of carbonyl (C=O) groups is 2. The molecule has 48 heavy (non-hydrogen) atoms. The second-order valence-corrected chi connectivity index (χ2v) is 15.5. The summed E-state index contributed by atoms with van der Waals surface area (Å²) in [4.78, 5) is 54.7. The molecule has 2 aromatic heterocycles. The fraction of sp³-hybridized carbons (Fsp3) is 0.500. The van der Waals surface area contributed by atoms with Crippen molar-refractivity contribution >= 4 is 66.2 Å². The van der Waals surface area contributed by atoms with Crippen molar-refractivity contribution in [1.82, 2.24) is 29.2 Å². The number of benzene rings is 2. The largest absolute Gasteiger partial charge is 0.445 e. The number of hydrogen-bond acceptors (Lipinski definition) is 7. The summed E-state index contributed by atoms with van der Waals surface area (Å²) in [6, 6.07) is 13.3. The van der Waals surface area contributed by atoms with Crippen LogP contribution in [0.5, 0.6) is 0 Å². The summed E-state index contributed by atoms with van der Waals surface area (Å²) < 4.78 is 9.58. The number of ether oxygens (including phenoxy) is 1. The highest BCUT2D eigenvalue weighted by atomic mass is 79.9. The number of aromatic amines is 1. The maximum Gasteiger partial charge on any atom is 0.411 e. The summed E-state index contributed by atoms with van der Waals surface area (Å²) in [5.41, 5.74) is 2.04. The lowest BCUT2D eigenvalue weighted by Gasteiger charge is -2.56. The molecule has 3 aliphatic heterocycles. The number of aldehydes is 1. The van der Waals surface area contributed by atoms with E-state index in [1.54, 1.807) is 11.1 Å². The van der Waals surface area contributed by atoms with E-state index in [0.717, 1.165) is 81.8 Å². The number of para-hydroxylation sites is 1. The first-order valence-corrected chi connectivity index (χ1v) is 18.6. The lowest BCUT2D eigenvalue weighted by atomic mass is 9.77. The van der Waals surface area contributed by atoms with Gasteiger partial charge in [0.05, 0.1) is 22.7 Å². The molecule has 254 valence electrons. The molecule has 1 amide bonds. The van der Waals surface area contributed by atoms with Gasteiger partial charge in [0.1, 0.15) is 18.6 Å². The minimum absolute atomic E-state index is 0.112. The van der Waals surface area contributed by atoms with Crippen LogP contribution < -0.4 is 5.69 Å². The van der Waals surface area contributed by atoms with Crippen molar-refractivity contribution < 1.29 is 14.3 Å². The number of hydrogen-bond donors (Lipinski definition) is 1. The van der Waals surface area contributed by atoms with Gasteiger partial charge in [-0.25, -0.2) is 9.59 Å². The molecule has 3 fully saturated rings. The lowest BCUT2D eigenvalue weighted by Crippen LogP contribution is -2.67. The van der Waals surface area contributed by atoms with Crippen LogP contribution in [0.1, 0.15) is 56.6 Å². The van der Waals surface area contributed by atoms with Crippen LogP contribution in [0.2, 0.25) is 0 Å². The highest BCUT2D eigenvalue weighted by Crippen LogP contribution is 2.43. The van der Waals surface area contributed by atoms with Gasteiger partial charge in [0, 0.05) is 52.8 Å². The number of piperidine rings is 3. The van der Waals surface area contributed by atoms with Gasteiger partial charge >= 0.3 is 11.8 Å². The maximum atomic E-state index is 14.1. The molecule has 7 rings (SSSR count). The fourth-order valence-corrected chi connectivity index (χ4v) is 9.21. The molecule has 2 atom stereocenters. The first kappa shape index (κ1) is 33.4. The van der Waals surface area contributed by atoms with Gasteiger partial charge in [0.15, 0.2) is 0 Å². The van der Waals surface area contributed by atoms with E-state index in [4.69, 9.17) is 4.74 Å². The fourth-order valence-electron chi connectivity index (χ4n) is 8.54. The van der Waals surface area contributed by atoms with Crippen molar-refractivity contribution in [3.63, 3.8) is 0 Å². The topological polar surface area (TPSA) is 104 Å². The molecule has 4 aromatic rings. The normalized spacial score (nSPS) is 23.6. The van der Waals surface area contributed by atoms with Gasteiger partial charge in [0.2, 0.25) is 0 Å². The average Bonchev–Trinajstić information content (AvgIpc) is 3.45. The van der Waals surface area contributed by atoms with Crippen LogP contribution >= 0.6 is 31.9 Å². The number of rotatable bonds is 7. The zero-order chi connectivity index (χ0) is 33.4. The standard InChI is InChI=1S/C36H42Br2N6O4/c1-41-14-8-25(9-15-41)26-10-16-42(17-11-26)36(13-19-45)21-27(12-18-43(36)35(47)48-23-24-6-7-29(37)30(38)20-24)44-32-22-39-31-5-3-2-4-28(31)33(32)40-34(44)46/h2-7,19-20,22,25-27H,8-18,21,23H2,1H3,(H,40,46)/t27-,36+/m1/s1. The molecule has 5 heterocycles. The van der Waals surface area contributed by atoms with Crippen molar-refractivity contribution in [1.29, 1.82) is 0 Å². The molecule has 0 radical (unpaired) electrons. The Morgan fingerprint density at radius 3 is 2.46 bits per heavy atom. The zero-order valence-electron chi connectivity index (χ0n) is 27.2. The van der Waals surface area contributed by atoms with E-state index in [9.17, 15) is 14.4 Å². The third kappa shape index (κ3) is 6.36. The summed E-state index contributed by atoms with van der Waals surface area (Å²) in [7, 11) is 2.20. The number of carbonyl (C=O) groups excluding carboxylic acids is 2. The first-order chi connectivity index (χ1) is 23.3. The summed E-state index contributed by atoms with van der Waals surface area (Å²) in [5, 5.41) is 0.890. The molecule has 0 unspecified atom stereocenters. The number of nitrogens with zero attached hydrogens (tertiary/aromatic N) is 5. The molecule has 0 bridgehead atoms. The predicted octanol–water partition coefficient (Wildman–Crippen LogP) is 6.72. The van der Waals surface area contributed by atoms with Crippen molar-refractivity contribution in [2.24, 2.45) is 11.8 Å². The molecular weight excluding hydrogens is 740 g/mol. The Morgan fingerprint density at radius 1 is 1.00 bits per heavy atom. The Hall–Kier alpha value is -3.06. The van der Waals surface area contributed by atoms with Gasteiger partial charge < -0.3 is 19.4 Å². The molecular formula is C36H42Br2N6O4. The molecule has 12 heteroatoms. The van der Waals surface area contributed by atoms with Gasteiger partial charge in [-0.3, -0.25) is 19.4 Å². The predicted molar refractivity (Wildman–Crippen MR) is 193 cm³/mol. The van der Waals surface area contributed by atoms with Gasteiger partial charge in [-0.15, -0.1) is 0 Å². The Bertz CT molecular complexity index is 1860. The Kier molecular flexibility index (Phi) is 9.79. The number of fused-ring (bicyclic) bond motifs is 3. The van der Waals surface area contributed by atoms with Crippen molar-refractivity contribution in [2.75, 3.05) is 39.8 Å². The molecule has 0 aliphatic carbocycles. The first-order valence-electron chi connectivity index (χ1n) is 17.0. The van der Waals surface area contributed by atoms with E-state index < -0.39 is 11.8 Å². The van der Waals surface area contributed by atoms with Crippen molar-refractivity contribution in [3.8, 4) is 0 Å². The van der Waals surface area contributed by atoms with Crippen LogP contribution in [0.3, 0.4) is 0 Å². The minimum Gasteiger partial charge on any atom is -0.445 e. The maximum absolute atomic E-state index is 14.1. The average molecular weight is 783 g/mol. The van der Waals surface area contributed by atoms with Gasteiger partial charge in [-0.1, -0.05) is 24.3 Å². The third-order valence-electron chi connectivity index (χ3n) is 11.1. The van der Waals surface area contributed by atoms with Crippen molar-refractivity contribution in [3.05, 3.63) is 73.7 Å². The zero-order valence-corrected chi connectivity index (χ0v) is 30.4. The lowest BCUT2D eigenvalue weighted by molar-refractivity contribution is -0.127. The molecule has 10 nitrogen and oxygen atoms in total. The van der Waals surface area contributed by atoms with Crippen molar-refractivity contribution in [2.45, 2.75) is 63.3 Å². The van der Waals surface area contributed by atoms with Crippen LogP contribution in [0, 0.1) is 11.8 Å². The number of nitrogens with one attached hydrogen (secondary N) is 1. The van der Waals surface area contributed by atoms with E-state index in [1.807, 2.05) is 47.0 Å². The Morgan fingerprint density at radius 2 is 1.73 bits per heavy atom. The van der Waals surface area contributed by atoms with Gasteiger partial charge in [0.25, 0.3) is 0 Å². The molecule has 3 aliphatic rings. The van der Waals surface area contributed by atoms with Gasteiger partial charge in [-0.2, -0.15) is 0 Å². The van der Waals surface area contributed by atoms with E-state index in [-0.39, 0.29) is 24.8 Å². The molecule has 2 aromatic carbocycles. The highest BCUT2D eigenvalue weighted by Gasteiger charge is 2.51. The van der Waals surface area contributed by atoms with E-state index in [2.05, 4.69) is 58.7 Å². The summed E-state index contributed by atoms with van der Waals surface area (Å²) in [6.07, 6.45) is 7.88. The van der Waals surface area contributed by atoms with Crippen LogP contribution in [0.4, 0.5) is 4.79 Å². The summed E-state index contributed by atoms with van der Waals surface area (Å²) in [6.45, 7) is 4.32. The molecule has 1 N–H and O–H groups in total. The SMILES string of the molecule is CN1CCC(C2CCN([C@]3(CC=O)C[C@H](n4c(=O)[nH]c5c6ccccc6ncc54)CCN3C(=O)OCc3ccc(Br)c(Br)c3)CC2)CC1. The highest BCUT2D eigenvalue weighted by molar-refractivity contribution is 9.13. The van der Waals surface area contributed by atoms with E-state index in [0.29, 0.717) is 31.2 Å². The second-order valence-electron chi connectivity index (χ2n) is 13.8. The number of amides is 1. The summed E-state index contributed by atoms with van der Waals surface area (Å²) in [5.74, 6) is 1.34. The number of halogens is 2. The van der Waals surface area contributed by atoms with E-state index in [1.165, 1.54) is 12.8 Å². The minimum atomic E-state index is -0.923. The molecule has 0 saturated carbocycles. The second kappa shape index (κ2) is 14.0. The van der Waals surface area contributed by atoms with Gasteiger partial charge in [-0.05, 0) is 120 Å². The number of imidazole rings is 1. The van der Waals surface area contributed by atoms with Crippen LogP contribution in [0.15, 0.2) is 62.4 Å². The van der Waals surface area contributed by atoms with Crippen LogP contribution in [-0.4, -0.2) is 87.0 Å². The summed E-state index contributed by atoms with van der Waals surface area (Å²) >= 11 is 7.04. The van der Waals surface area contributed by atoms with Crippen LogP contribution in [0.25, 0.3) is 21.9 Å². The number of H-pyrrole nitrogens is 1. The van der Waals surface area contributed by atoms with Crippen LogP contribution in [-0.2, 0) is 16.1 Å². The number of likely N-dealkylation sites (tertiary alicyclic amines) is 3. The molecule has 3 saturated heterocycles. The molecule has 0 spiro atoms. The Balaban J connectivity index is 1.20. The monoisotopic (exact) mass is 780 g/mol. The van der Waals surface area contributed by atoms with E-state index >= 15 is 0 Å². The third-order valence-corrected chi connectivity index (χ3v) is 13.0. The quantitative estimate of drug-likeness (QED) is 0.208. The smallest absolute Gasteiger partial charge is 0.411 e. The Labute approximate surface area is 297 Å². The number of aromatic nitrogens is 3.